The molecule has 1 aliphatic carbocycles. The largest absolute Gasteiger partial charge is 0.395 e. The third-order valence-electron chi connectivity index (χ3n) is 3.28. The Hall–Kier alpha value is -0.0800. The van der Waals surface area contributed by atoms with Gasteiger partial charge in [-0.05, 0) is 32.2 Å². The summed E-state index contributed by atoms with van der Waals surface area (Å²) in [5.74, 6) is 0.806. The van der Waals surface area contributed by atoms with Crippen molar-refractivity contribution in [2.45, 2.75) is 31.3 Å². The first-order valence-electron chi connectivity index (χ1n) is 4.15. The summed E-state index contributed by atoms with van der Waals surface area (Å²) in [7, 11) is 2.14. The van der Waals surface area contributed by atoms with E-state index in [-0.39, 0.29) is 0 Å². The van der Waals surface area contributed by atoms with Gasteiger partial charge in [-0.2, -0.15) is 0 Å². The van der Waals surface area contributed by atoms with Gasteiger partial charge in [0.15, 0.2) is 0 Å². The van der Waals surface area contributed by atoms with Gasteiger partial charge in [0.25, 0.3) is 0 Å². The van der Waals surface area contributed by atoms with E-state index in [4.69, 9.17) is 5.11 Å². The summed E-state index contributed by atoms with van der Waals surface area (Å²) in [6, 6.07) is 1.28. The molecular weight excluding hydrogens is 126 g/mol. The highest BCUT2D eigenvalue weighted by Gasteiger charge is 2.42. The summed E-state index contributed by atoms with van der Waals surface area (Å²) < 4.78 is 0. The SMILES string of the molecule is CN1C(CO)[C@@H]2CC[C@H]1C2. The van der Waals surface area contributed by atoms with Crippen LogP contribution < -0.4 is 0 Å². The van der Waals surface area contributed by atoms with Crippen molar-refractivity contribution in [3.63, 3.8) is 0 Å². The standard InChI is InChI=1S/C8H15NO/c1-9-7-3-2-6(4-7)8(9)5-10/h6-8,10H,2-5H2,1H3/t6-,7+,8?/m1/s1. The Morgan fingerprint density at radius 2 is 2.30 bits per heavy atom. The minimum Gasteiger partial charge on any atom is -0.395 e. The summed E-state index contributed by atoms with van der Waals surface area (Å²) in [6.45, 7) is 0.359. The number of likely N-dealkylation sites (N-methyl/N-ethyl adjacent to an activating group) is 1. The Balaban J connectivity index is 2.10. The average molecular weight is 141 g/mol. The number of fused-ring (bicyclic) bond motifs is 2. The molecule has 1 unspecified atom stereocenters. The number of rotatable bonds is 1. The van der Waals surface area contributed by atoms with E-state index in [1.54, 1.807) is 0 Å². The molecule has 1 heterocycles. The van der Waals surface area contributed by atoms with Crippen LogP contribution in [0.1, 0.15) is 19.3 Å². The number of aliphatic hydroxyl groups is 1. The lowest BCUT2D eigenvalue weighted by atomic mass is 10.0. The van der Waals surface area contributed by atoms with Crippen molar-refractivity contribution >= 4 is 0 Å². The van der Waals surface area contributed by atoms with Gasteiger partial charge in [0.1, 0.15) is 0 Å². The van der Waals surface area contributed by atoms with Crippen molar-refractivity contribution in [2.24, 2.45) is 5.92 Å². The zero-order valence-corrected chi connectivity index (χ0v) is 6.45. The Kier molecular flexibility index (Phi) is 1.46. The molecule has 0 aromatic heterocycles. The highest BCUT2D eigenvalue weighted by Crippen LogP contribution is 2.40. The van der Waals surface area contributed by atoms with Gasteiger partial charge >= 0.3 is 0 Å². The van der Waals surface area contributed by atoms with Crippen LogP contribution in [-0.4, -0.2) is 35.7 Å². The minimum atomic E-state index is 0.359. The first-order valence-corrected chi connectivity index (χ1v) is 4.15. The van der Waals surface area contributed by atoms with E-state index >= 15 is 0 Å². The maximum absolute atomic E-state index is 9.02. The molecule has 0 amide bonds. The molecule has 1 saturated carbocycles. The quantitative estimate of drug-likeness (QED) is 0.573. The third-order valence-corrected chi connectivity index (χ3v) is 3.28. The second kappa shape index (κ2) is 2.21. The number of likely N-dealkylation sites (tertiary alicyclic amines) is 1. The normalized spacial score (nSPS) is 46.8. The molecule has 2 bridgehead atoms. The molecule has 0 spiro atoms. The second-order valence-corrected chi connectivity index (χ2v) is 3.64. The van der Waals surface area contributed by atoms with Crippen LogP contribution in [0.15, 0.2) is 0 Å². The van der Waals surface area contributed by atoms with Crippen molar-refractivity contribution < 1.29 is 5.11 Å². The van der Waals surface area contributed by atoms with Gasteiger partial charge in [-0.25, -0.2) is 0 Å². The Morgan fingerprint density at radius 3 is 2.70 bits per heavy atom. The fourth-order valence-corrected chi connectivity index (χ4v) is 2.59. The average Bonchev–Trinajstić information content (AvgIpc) is 2.46. The van der Waals surface area contributed by atoms with E-state index in [0.717, 1.165) is 12.0 Å². The van der Waals surface area contributed by atoms with E-state index in [1.807, 2.05) is 0 Å². The van der Waals surface area contributed by atoms with Crippen molar-refractivity contribution in [1.29, 1.82) is 0 Å². The summed E-state index contributed by atoms with van der Waals surface area (Å²) >= 11 is 0. The first-order chi connectivity index (χ1) is 4.83. The molecule has 2 nitrogen and oxygen atoms in total. The van der Waals surface area contributed by atoms with Gasteiger partial charge in [0, 0.05) is 12.1 Å². The number of piperidine rings is 1. The summed E-state index contributed by atoms with van der Waals surface area (Å²) in [6.07, 6.45) is 4.04. The van der Waals surface area contributed by atoms with Crippen molar-refractivity contribution in [3.05, 3.63) is 0 Å². The Bertz CT molecular complexity index is 135. The molecule has 3 atom stereocenters. The molecule has 0 radical (unpaired) electrons. The van der Waals surface area contributed by atoms with Gasteiger partial charge in [-0.3, -0.25) is 4.90 Å². The molecule has 1 aliphatic heterocycles. The fourth-order valence-electron chi connectivity index (χ4n) is 2.59. The molecule has 2 fully saturated rings. The van der Waals surface area contributed by atoms with E-state index in [2.05, 4.69) is 11.9 Å². The van der Waals surface area contributed by atoms with Crippen LogP contribution in [0.25, 0.3) is 0 Å². The van der Waals surface area contributed by atoms with Gasteiger partial charge in [0.2, 0.25) is 0 Å². The lowest BCUT2D eigenvalue weighted by molar-refractivity contribution is 0.108. The van der Waals surface area contributed by atoms with Gasteiger partial charge in [-0.1, -0.05) is 0 Å². The van der Waals surface area contributed by atoms with Crippen molar-refractivity contribution in [2.75, 3.05) is 13.7 Å². The first kappa shape index (κ1) is 6.62. The van der Waals surface area contributed by atoms with Crippen LogP contribution in [-0.2, 0) is 0 Å². The van der Waals surface area contributed by atoms with Gasteiger partial charge in [0.05, 0.1) is 6.61 Å². The second-order valence-electron chi connectivity index (χ2n) is 3.64. The number of aliphatic hydroxyl groups excluding tert-OH is 1. The van der Waals surface area contributed by atoms with Crippen molar-refractivity contribution in [1.82, 2.24) is 4.90 Å². The lowest BCUT2D eigenvalue weighted by Gasteiger charge is -2.30. The highest BCUT2D eigenvalue weighted by atomic mass is 16.3. The fraction of sp³-hybridized carbons (Fsp3) is 1.00. The molecule has 2 aliphatic rings. The monoisotopic (exact) mass is 141 g/mol. The zero-order valence-electron chi connectivity index (χ0n) is 6.45. The Morgan fingerprint density at radius 1 is 1.50 bits per heavy atom. The zero-order chi connectivity index (χ0) is 7.14. The molecule has 0 aromatic rings. The molecular formula is C8H15NO. The number of hydrogen-bond donors (Lipinski definition) is 1. The molecule has 0 aromatic carbocycles. The summed E-state index contributed by atoms with van der Waals surface area (Å²) in [5.41, 5.74) is 0. The van der Waals surface area contributed by atoms with E-state index in [1.165, 1.54) is 19.3 Å². The summed E-state index contributed by atoms with van der Waals surface area (Å²) in [4.78, 5) is 2.36. The van der Waals surface area contributed by atoms with Crippen LogP contribution in [0.4, 0.5) is 0 Å². The Labute approximate surface area is 61.8 Å². The highest BCUT2D eigenvalue weighted by molar-refractivity contribution is 4.97. The van der Waals surface area contributed by atoms with Crippen LogP contribution in [0.2, 0.25) is 0 Å². The third kappa shape index (κ3) is 0.722. The van der Waals surface area contributed by atoms with E-state index in [9.17, 15) is 0 Å². The molecule has 2 rings (SSSR count). The van der Waals surface area contributed by atoms with E-state index < -0.39 is 0 Å². The van der Waals surface area contributed by atoms with Crippen LogP contribution in [0, 0.1) is 5.92 Å². The smallest absolute Gasteiger partial charge is 0.0589 e. The van der Waals surface area contributed by atoms with Crippen molar-refractivity contribution in [3.8, 4) is 0 Å². The minimum absolute atomic E-state index is 0.359. The predicted octanol–water partition coefficient (Wildman–Crippen LogP) is 0.461. The number of hydrogen-bond acceptors (Lipinski definition) is 2. The van der Waals surface area contributed by atoms with E-state index in [0.29, 0.717) is 12.6 Å². The molecule has 1 saturated heterocycles. The maximum Gasteiger partial charge on any atom is 0.0589 e. The molecule has 58 valence electrons. The van der Waals surface area contributed by atoms with Crippen LogP contribution in [0.3, 0.4) is 0 Å². The van der Waals surface area contributed by atoms with Crippen LogP contribution >= 0.6 is 0 Å². The summed E-state index contributed by atoms with van der Waals surface area (Å²) in [5, 5.41) is 9.02. The topological polar surface area (TPSA) is 23.5 Å². The molecule has 10 heavy (non-hydrogen) atoms. The van der Waals surface area contributed by atoms with Crippen LogP contribution in [0.5, 0.6) is 0 Å². The molecule has 1 N–H and O–H groups in total. The van der Waals surface area contributed by atoms with Gasteiger partial charge in [-0.15, -0.1) is 0 Å². The lowest BCUT2D eigenvalue weighted by Crippen LogP contribution is -2.39. The van der Waals surface area contributed by atoms with Gasteiger partial charge < -0.3 is 5.11 Å². The predicted molar refractivity (Wildman–Crippen MR) is 39.8 cm³/mol. The maximum atomic E-state index is 9.02. The number of nitrogens with zero attached hydrogens (tertiary/aromatic N) is 1. The molecule has 2 heteroatoms.